The van der Waals surface area contributed by atoms with Gasteiger partial charge in [0.1, 0.15) is 0 Å². The van der Waals surface area contributed by atoms with Crippen molar-refractivity contribution in [2.45, 2.75) is 0 Å². The van der Waals surface area contributed by atoms with E-state index in [9.17, 15) is 4.79 Å². The van der Waals surface area contributed by atoms with Crippen LogP contribution in [-0.4, -0.2) is 28.9 Å². The summed E-state index contributed by atoms with van der Waals surface area (Å²) in [4.78, 5) is 22.4. The summed E-state index contributed by atoms with van der Waals surface area (Å²) in [7, 11) is 1.42. The zero-order valence-corrected chi connectivity index (χ0v) is 9.12. The summed E-state index contributed by atoms with van der Waals surface area (Å²) in [5.74, 6) is -0.912. The molecule has 0 radical (unpaired) electrons. The molecule has 0 aliphatic carbocycles. The number of aromatic nitrogens is 2. The number of nitrogen functional groups attached to an aromatic ring is 2. The van der Waals surface area contributed by atoms with Gasteiger partial charge in [-0.1, -0.05) is 11.6 Å². The molecule has 1 amide bonds. The quantitative estimate of drug-likeness (QED) is 0.366. The molecular weight excluding hydrogens is 234 g/mol. The van der Waals surface area contributed by atoms with Crippen LogP contribution >= 0.6 is 11.6 Å². The highest BCUT2D eigenvalue weighted by Crippen LogP contribution is 2.16. The number of hydrogen-bond acceptors (Lipinski definition) is 6. The van der Waals surface area contributed by atoms with E-state index in [4.69, 9.17) is 28.8 Å². The first-order chi connectivity index (χ1) is 7.45. The number of rotatable bonds is 1. The van der Waals surface area contributed by atoms with E-state index in [1.807, 2.05) is 0 Å². The molecule has 9 heteroatoms. The van der Waals surface area contributed by atoms with E-state index >= 15 is 0 Å². The van der Waals surface area contributed by atoms with Crippen LogP contribution in [-0.2, 0) is 0 Å². The lowest BCUT2D eigenvalue weighted by Crippen LogP contribution is -2.37. The molecule has 0 spiro atoms. The standard InChI is InChI=1S/C7H10ClN7O/c1-12-7(11)15-6(16)2-4(9)14-5(10)3(8)13-2/h1H3,(H4,9,10,14)(H3,11,12,15,16). The minimum atomic E-state index is -0.657. The van der Waals surface area contributed by atoms with Gasteiger partial charge in [-0.3, -0.25) is 15.1 Å². The number of guanidine groups is 1. The Morgan fingerprint density at radius 3 is 2.56 bits per heavy atom. The molecule has 0 saturated carbocycles. The molecule has 0 saturated heterocycles. The monoisotopic (exact) mass is 243 g/mol. The van der Waals surface area contributed by atoms with Crippen LogP contribution in [0.15, 0.2) is 4.99 Å². The van der Waals surface area contributed by atoms with Crippen molar-refractivity contribution in [1.29, 1.82) is 0 Å². The van der Waals surface area contributed by atoms with Crippen LogP contribution < -0.4 is 22.5 Å². The molecule has 8 nitrogen and oxygen atoms in total. The Kier molecular flexibility index (Phi) is 3.46. The number of nitrogens with one attached hydrogen (secondary N) is 1. The molecule has 16 heavy (non-hydrogen) atoms. The van der Waals surface area contributed by atoms with Gasteiger partial charge in [0.25, 0.3) is 5.91 Å². The molecule has 0 bridgehead atoms. The van der Waals surface area contributed by atoms with E-state index in [1.54, 1.807) is 0 Å². The van der Waals surface area contributed by atoms with Crippen LogP contribution in [0.5, 0.6) is 0 Å². The van der Waals surface area contributed by atoms with Crippen LogP contribution in [0.4, 0.5) is 11.6 Å². The van der Waals surface area contributed by atoms with Gasteiger partial charge < -0.3 is 17.2 Å². The summed E-state index contributed by atoms with van der Waals surface area (Å²) in [6.45, 7) is 0. The van der Waals surface area contributed by atoms with Gasteiger partial charge in [-0.25, -0.2) is 9.97 Å². The minimum absolute atomic E-state index is 0.0483. The molecule has 1 aromatic heterocycles. The van der Waals surface area contributed by atoms with E-state index in [0.717, 1.165) is 0 Å². The highest BCUT2D eigenvalue weighted by atomic mass is 35.5. The first-order valence-corrected chi connectivity index (χ1v) is 4.45. The smallest absolute Gasteiger partial charge is 0.280 e. The Hall–Kier alpha value is -2.09. The van der Waals surface area contributed by atoms with Gasteiger partial charge in [0, 0.05) is 7.05 Å². The minimum Gasteiger partial charge on any atom is -0.382 e. The predicted molar refractivity (Wildman–Crippen MR) is 60.9 cm³/mol. The maximum absolute atomic E-state index is 11.5. The fourth-order valence-corrected chi connectivity index (χ4v) is 0.967. The average Bonchev–Trinajstić information content (AvgIpc) is 2.23. The summed E-state index contributed by atoms with van der Waals surface area (Å²) in [5.41, 5.74) is 15.9. The number of anilines is 2. The van der Waals surface area contributed by atoms with Crippen molar-refractivity contribution in [3.8, 4) is 0 Å². The van der Waals surface area contributed by atoms with E-state index in [-0.39, 0.29) is 28.4 Å². The lowest BCUT2D eigenvalue weighted by Gasteiger charge is -2.06. The van der Waals surface area contributed by atoms with Gasteiger partial charge in [-0.2, -0.15) is 0 Å². The second-order valence-electron chi connectivity index (χ2n) is 2.70. The van der Waals surface area contributed by atoms with Gasteiger partial charge in [0.2, 0.25) is 0 Å². The Bertz CT molecular complexity index is 458. The highest BCUT2D eigenvalue weighted by Gasteiger charge is 2.16. The fraction of sp³-hybridized carbons (Fsp3) is 0.143. The van der Waals surface area contributed by atoms with Gasteiger partial charge in [0.05, 0.1) is 0 Å². The molecule has 86 valence electrons. The molecule has 7 N–H and O–H groups in total. The number of amides is 1. The first kappa shape index (κ1) is 12.0. The Morgan fingerprint density at radius 1 is 1.38 bits per heavy atom. The Balaban J connectivity index is 3.05. The predicted octanol–water partition coefficient (Wildman–Crippen LogP) is -1.03. The molecule has 0 fully saturated rings. The molecule has 0 aliphatic rings. The summed E-state index contributed by atoms with van der Waals surface area (Å²) in [6, 6.07) is 0. The van der Waals surface area contributed by atoms with Crippen LogP contribution in [0.3, 0.4) is 0 Å². The third-order valence-corrected chi connectivity index (χ3v) is 1.88. The SMILES string of the molecule is CN=C(N)NC(=O)c1nc(Cl)c(N)nc1N. The average molecular weight is 244 g/mol. The number of aliphatic imine (C=N–C) groups is 1. The maximum Gasteiger partial charge on any atom is 0.280 e. The van der Waals surface area contributed by atoms with Crippen LogP contribution in [0.2, 0.25) is 5.15 Å². The van der Waals surface area contributed by atoms with Crippen molar-refractivity contribution < 1.29 is 4.79 Å². The third kappa shape index (κ3) is 2.48. The van der Waals surface area contributed by atoms with Crippen LogP contribution in [0, 0.1) is 0 Å². The van der Waals surface area contributed by atoms with E-state index in [2.05, 4.69) is 20.3 Å². The van der Waals surface area contributed by atoms with Gasteiger partial charge in [-0.15, -0.1) is 0 Å². The van der Waals surface area contributed by atoms with Crippen molar-refractivity contribution in [1.82, 2.24) is 15.3 Å². The normalized spacial score (nSPS) is 11.2. The number of nitrogens with zero attached hydrogens (tertiary/aromatic N) is 3. The fourth-order valence-electron chi connectivity index (χ4n) is 0.840. The number of nitrogens with two attached hydrogens (primary N) is 3. The van der Waals surface area contributed by atoms with Crippen molar-refractivity contribution in [2.24, 2.45) is 10.7 Å². The zero-order chi connectivity index (χ0) is 12.3. The topological polar surface area (TPSA) is 145 Å². The lowest BCUT2D eigenvalue weighted by molar-refractivity contribution is 0.0972. The Labute approximate surface area is 95.9 Å². The number of carbonyl (C=O) groups excluding carboxylic acids is 1. The molecule has 1 aromatic rings. The van der Waals surface area contributed by atoms with Gasteiger partial charge in [0.15, 0.2) is 28.4 Å². The van der Waals surface area contributed by atoms with Crippen LogP contribution in [0.25, 0.3) is 0 Å². The second kappa shape index (κ2) is 4.62. The zero-order valence-electron chi connectivity index (χ0n) is 8.36. The van der Waals surface area contributed by atoms with Crippen LogP contribution in [0.1, 0.15) is 10.5 Å². The van der Waals surface area contributed by atoms with Crippen molar-refractivity contribution >= 4 is 35.1 Å². The van der Waals surface area contributed by atoms with E-state index < -0.39 is 5.91 Å². The van der Waals surface area contributed by atoms with Crippen molar-refractivity contribution in [3.63, 3.8) is 0 Å². The molecule has 1 heterocycles. The molecule has 1 rings (SSSR count). The summed E-state index contributed by atoms with van der Waals surface area (Å²) in [6.07, 6.45) is 0. The molecular formula is C7H10ClN7O. The lowest BCUT2D eigenvalue weighted by atomic mass is 10.4. The molecule has 0 atom stereocenters. The number of halogens is 1. The highest BCUT2D eigenvalue weighted by molar-refractivity contribution is 6.31. The molecule has 0 unspecified atom stereocenters. The molecule has 0 aromatic carbocycles. The first-order valence-electron chi connectivity index (χ1n) is 4.07. The number of carbonyl (C=O) groups is 1. The van der Waals surface area contributed by atoms with Gasteiger partial charge >= 0.3 is 0 Å². The van der Waals surface area contributed by atoms with Gasteiger partial charge in [-0.05, 0) is 0 Å². The third-order valence-electron chi connectivity index (χ3n) is 1.60. The van der Waals surface area contributed by atoms with Crippen molar-refractivity contribution in [3.05, 3.63) is 10.8 Å². The van der Waals surface area contributed by atoms with Crippen molar-refractivity contribution in [2.75, 3.05) is 18.5 Å². The summed E-state index contributed by atoms with van der Waals surface area (Å²) in [5, 5.41) is 2.14. The second-order valence-corrected chi connectivity index (χ2v) is 3.05. The van der Waals surface area contributed by atoms with E-state index in [1.165, 1.54) is 7.05 Å². The van der Waals surface area contributed by atoms with E-state index in [0.29, 0.717) is 0 Å². The largest absolute Gasteiger partial charge is 0.382 e. The molecule has 0 aliphatic heterocycles. The summed E-state index contributed by atoms with van der Waals surface area (Å²) < 4.78 is 0. The maximum atomic E-state index is 11.5. The number of hydrogen-bond donors (Lipinski definition) is 4. The summed E-state index contributed by atoms with van der Waals surface area (Å²) >= 11 is 5.60. The Morgan fingerprint density at radius 2 is 2.00 bits per heavy atom.